The van der Waals surface area contributed by atoms with Crippen LogP contribution in [0.5, 0.6) is 0 Å². The molecule has 0 saturated carbocycles. The molecule has 7 atom stereocenters. The first-order valence-corrected chi connectivity index (χ1v) is 13.0. The van der Waals surface area contributed by atoms with Crippen molar-refractivity contribution in [2.45, 2.75) is 50.0 Å². The number of halogens is 1. The highest BCUT2D eigenvalue weighted by molar-refractivity contribution is 6.30. The number of anilines is 1. The number of amides is 3. The van der Waals surface area contributed by atoms with E-state index in [0.717, 1.165) is 5.56 Å². The van der Waals surface area contributed by atoms with E-state index >= 15 is 0 Å². The number of ether oxygens (including phenoxy) is 1. The van der Waals surface area contributed by atoms with Crippen molar-refractivity contribution in [1.82, 2.24) is 10.2 Å². The number of fused-ring (bicyclic) bond motifs is 1. The largest absolute Gasteiger partial charge is 0.394 e. The van der Waals surface area contributed by atoms with Crippen molar-refractivity contribution in [2.75, 3.05) is 19.0 Å². The standard InChI is InChI=1S/C28H32ClN3O5/c1-16-14-28-22(21(24(34)30-3)27(16,2)37-28)26(36)32(20(15-33)13-17-7-5-4-6-8-17)23(28)25(35)31-19-11-9-18(29)10-12-19/h4-12,16,20-23,33H,13-15H2,1-3H3,(H,30,34)(H,31,35)/t16?,20-,21+,22+,23?,27-,28?/m1/s1. The van der Waals surface area contributed by atoms with Gasteiger partial charge in [0, 0.05) is 17.8 Å². The maximum Gasteiger partial charge on any atom is 0.250 e. The zero-order valence-corrected chi connectivity index (χ0v) is 21.9. The summed E-state index contributed by atoms with van der Waals surface area (Å²) in [5, 5.41) is 16.6. The van der Waals surface area contributed by atoms with E-state index in [9.17, 15) is 19.5 Å². The fourth-order valence-electron chi connectivity index (χ4n) is 6.81. The van der Waals surface area contributed by atoms with E-state index in [2.05, 4.69) is 10.6 Å². The number of likely N-dealkylation sites (tertiary alicyclic amines) is 1. The Kier molecular flexibility index (Phi) is 6.54. The molecule has 0 aliphatic carbocycles. The first-order chi connectivity index (χ1) is 17.7. The third kappa shape index (κ3) is 3.93. The number of rotatable bonds is 7. The van der Waals surface area contributed by atoms with Gasteiger partial charge in [0.05, 0.1) is 30.1 Å². The highest BCUT2D eigenvalue weighted by atomic mass is 35.5. The summed E-state index contributed by atoms with van der Waals surface area (Å²) in [7, 11) is 1.54. The van der Waals surface area contributed by atoms with E-state index in [-0.39, 0.29) is 24.3 Å². The van der Waals surface area contributed by atoms with Crippen LogP contribution < -0.4 is 10.6 Å². The van der Waals surface area contributed by atoms with Crippen molar-refractivity contribution in [3.63, 3.8) is 0 Å². The van der Waals surface area contributed by atoms with E-state index in [1.165, 1.54) is 4.90 Å². The highest BCUT2D eigenvalue weighted by Crippen LogP contribution is 2.65. The summed E-state index contributed by atoms with van der Waals surface area (Å²) in [4.78, 5) is 42.9. The molecule has 196 valence electrons. The molecule has 3 saturated heterocycles. The number of carbonyl (C=O) groups is 3. The van der Waals surface area contributed by atoms with Crippen LogP contribution >= 0.6 is 11.6 Å². The zero-order chi connectivity index (χ0) is 26.5. The Morgan fingerprint density at radius 1 is 1.16 bits per heavy atom. The van der Waals surface area contributed by atoms with Crippen molar-refractivity contribution >= 4 is 35.0 Å². The van der Waals surface area contributed by atoms with Crippen LogP contribution in [0.1, 0.15) is 25.8 Å². The highest BCUT2D eigenvalue weighted by Gasteiger charge is 2.80. The fourth-order valence-corrected chi connectivity index (χ4v) is 6.93. The second-order valence-electron chi connectivity index (χ2n) is 10.6. The molecule has 3 aliphatic heterocycles. The molecule has 8 nitrogen and oxygen atoms in total. The molecule has 3 aliphatic rings. The maximum absolute atomic E-state index is 14.2. The van der Waals surface area contributed by atoms with E-state index in [1.807, 2.05) is 44.2 Å². The van der Waals surface area contributed by atoms with Gasteiger partial charge in [0.15, 0.2) is 0 Å². The van der Waals surface area contributed by atoms with Crippen LogP contribution in [0.15, 0.2) is 54.6 Å². The van der Waals surface area contributed by atoms with Gasteiger partial charge in [-0.25, -0.2) is 0 Å². The minimum Gasteiger partial charge on any atom is -0.394 e. The minimum absolute atomic E-state index is 0.0636. The molecule has 2 bridgehead atoms. The van der Waals surface area contributed by atoms with Crippen molar-refractivity contribution in [1.29, 1.82) is 0 Å². The van der Waals surface area contributed by atoms with Gasteiger partial charge in [0.1, 0.15) is 11.6 Å². The quantitative estimate of drug-likeness (QED) is 0.515. The first kappa shape index (κ1) is 25.7. The Labute approximate surface area is 221 Å². The Bertz CT molecular complexity index is 1210. The lowest BCUT2D eigenvalue weighted by Gasteiger charge is -2.37. The molecule has 37 heavy (non-hydrogen) atoms. The monoisotopic (exact) mass is 525 g/mol. The summed E-state index contributed by atoms with van der Waals surface area (Å²) in [6.07, 6.45) is 0.806. The topological polar surface area (TPSA) is 108 Å². The van der Waals surface area contributed by atoms with E-state index in [0.29, 0.717) is 23.6 Å². The molecule has 1 spiro atoms. The first-order valence-electron chi connectivity index (χ1n) is 12.6. The summed E-state index contributed by atoms with van der Waals surface area (Å²) in [5.74, 6) is -2.68. The molecular formula is C28H32ClN3O5. The van der Waals surface area contributed by atoms with Gasteiger partial charge >= 0.3 is 0 Å². The molecular weight excluding hydrogens is 494 g/mol. The van der Waals surface area contributed by atoms with Crippen LogP contribution in [0.25, 0.3) is 0 Å². The van der Waals surface area contributed by atoms with E-state index < -0.39 is 41.0 Å². The number of aliphatic hydroxyl groups excluding tert-OH is 1. The predicted molar refractivity (Wildman–Crippen MR) is 139 cm³/mol. The molecule has 3 N–H and O–H groups in total. The van der Waals surface area contributed by atoms with Gasteiger partial charge in [-0.3, -0.25) is 14.4 Å². The summed E-state index contributed by atoms with van der Waals surface area (Å²) >= 11 is 6.02. The van der Waals surface area contributed by atoms with Crippen molar-refractivity contribution in [3.05, 3.63) is 65.2 Å². The van der Waals surface area contributed by atoms with Crippen LogP contribution in [-0.2, 0) is 25.5 Å². The van der Waals surface area contributed by atoms with Gasteiger partial charge in [0.2, 0.25) is 17.7 Å². The number of aliphatic hydroxyl groups is 1. The van der Waals surface area contributed by atoms with Crippen molar-refractivity contribution in [3.8, 4) is 0 Å². The third-order valence-electron chi connectivity index (χ3n) is 8.56. The lowest BCUT2D eigenvalue weighted by molar-refractivity contribution is -0.149. The molecule has 2 aromatic carbocycles. The summed E-state index contributed by atoms with van der Waals surface area (Å²) in [5.41, 5.74) is -0.628. The van der Waals surface area contributed by atoms with Gasteiger partial charge in [-0.05, 0) is 55.5 Å². The van der Waals surface area contributed by atoms with Crippen LogP contribution in [0.2, 0.25) is 5.02 Å². The van der Waals surface area contributed by atoms with E-state index in [1.54, 1.807) is 31.3 Å². The molecule has 0 radical (unpaired) electrons. The smallest absolute Gasteiger partial charge is 0.250 e. The summed E-state index contributed by atoms with van der Waals surface area (Å²) in [6, 6.07) is 14.5. The third-order valence-corrected chi connectivity index (χ3v) is 8.81. The van der Waals surface area contributed by atoms with Crippen LogP contribution in [0.3, 0.4) is 0 Å². The fraction of sp³-hybridized carbons (Fsp3) is 0.464. The molecule has 3 amide bonds. The number of carbonyl (C=O) groups excluding carboxylic acids is 3. The number of hydrogen-bond acceptors (Lipinski definition) is 5. The zero-order valence-electron chi connectivity index (χ0n) is 21.1. The molecule has 9 heteroatoms. The Morgan fingerprint density at radius 3 is 2.46 bits per heavy atom. The lowest BCUT2D eigenvalue weighted by Crippen LogP contribution is -2.57. The Balaban J connectivity index is 1.59. The summed E-state index contributed by atoms with van der Waals surface area (Å²) < 4.78 is 6.67. The van der Waals surface area contributed by atoms with Crippen LogP contribution in [0, 0.1) is 17.8 Å². The molecule has 3 fully saturated rings. The predicted octanol–water partition coefficient (Wildman–Crippen LogP) is 2.64. The minimum atomic E-state index is -1.19. The average molecular weight is 526 g/mol. The maximum atomic E-state index is 14.2. The second kappa shape index (κ2) is 9.42. The molecule has 3 heterocycles. The van der Waals surface area contributed by atoms with Gasteiger partial charge in [0.25, 0.3) is 0 Å². The molecule has 5 rings (SSSR count). The number of benzene rings is 2. The number of hydrogen-bond donors (Lipinski definition) is 3. The molecule has 0 aromatic heterocycles. The normalized spacial score (nSPS) is 32.8. The van der Waals surface area contributed by atoms with Crippen LogP contribution in [0.4, 0.5) is 5.69 Å². The van der Waals surface area contributed by atoms with Gasteiger partial charge < -0.3 is 25.4 Å². The molecule has 3 unspecified atom stereocenters. The lowest BCUT2D eigenvalue weighted by atomic mass is 9.62. The average Bonchev–Trinajstić information content (AvgIpc) is 3.40. The molecule has 2 aromatic rings. The second-order valence-corrected chi connectivity index (χ2v) is 11.0. The van der Waals surface area contributed by atoms with Gasteiger partial charge in [-0.2, -0.15) is 0 Å². The van der Waals surface area contributed by atoms with Crippen LogP contribution in [-0.4, -0.2) is 64.7 Å². The van der Waals surface area contributed by atoms with Gasteiger partial charge in [-0.15, -0.1) is 0 Å². The Hall–Kier alpha value is -2.94. The SMILES string of the molecule is CNC(=O)[C@@H]1[C@H]2C(=O)N([C@@H](CO)Cc3ccccc3)C(C(=O)Nc3ccc(Cl)cc3)C23CC(C)[C@@]1(C)O3. The Morgan fingerprint density at radius 2 is 1.84 bits per heavy atom. The van der Waals surface area contributed by atoms with Crippen molar-refractivity contribution < 1.29 is 24.2 Å². The van der Waals surface area contributed by atoms with Crippen molar-refractivity contribution in [2.24, 2.45) is 17.8 Å². The summed E-state index contributed by atoms with van der Waals surface area (Å²) in [6.45, 7) is 3.52. The number of nitrogens with one attached hydrogen (secondary N) is 2. The number of nitrogens with zero attached hydrogens (tertiary/aromatic N) is 1. The van der Waals surface area contributed by atoms with E-state index in [4.69, 9.17) is 16.3 Å². The van der Waals surface area contributed by atoms with Gasteiger partial charge in [-0.1, -0.05) is 48.9 Å².